The van der Waals surface area contributed by atoms with Crippen LogP contribution in [0.15, 0.2) is 9.90 Å². The Bertz CT molecular complexity index is 537. The Kier molecular flexibility index (Phi) is 4.15. The second-order valence-electron chi connectivity index (χ2n) is 3.88. The lowest BCUT2D eigenvalue weighted by Gasteiger charge is -2.05. The average molecular weight is 292 g/mol. The first-order chi connectivity index (χ1) is 8.92. The largest absolute Gasteiger partial charge is 0.401 e. The van der Waals surface area contributed by atoms with Gasteiger partial charge in [0.05, 0.1) is 19.5 Å². The molecule has 0 saturated carbocycles. The first kappa shape index (κ1) is 13.9. The van der Waals surface area contributed by atoms with Crippen LogP contribution in [0.1, 0.15) is 22.4 Å². The van der Waals surface area contributed by atoms with Crippen LogP contribution in [0, 0.1) is 6.92 Å². The Morgan fingerprint density at radius 1 is 1.37 bits per heavy atom. The summed E-state index contributed by atoms with van der Waals surface area (Å²) in [4.78, 5) is 8.24. The number of nitrogens with zero attached hydrogens (tertiary/aromatic N) is 3. The lowest BCUT2D eigenvalue weighted by Crippen LogP contribution is -2.28. The number of halogens is 3. The van der Waals surface area contributed by atoms with Crippen LogP contribution in [0.4, 0.5) is 13.2 Å². The average Bonchev–Trinajstić information content (AvgIpc) is 2.87. The molecular weight excluding hydrogens is 281 g/mol. The minimum atomic E-state index is -4.25. The van der Waals surface area contributed by atoms with E-state index in [0.29, 0.717) is 12.2 Å². The summed E-state index contributed by atoms with van der Waals surface area (Å²) < 4.78 is 40.6. The van der Waals surface area contributed by atoms with Crippen LogP contribution in [0.5, 0.6) is 0 Å². The molecule has 2 aromatic rings. The van der Waals surface area contributed by atoms with Gasteiger partial charge >= 0.3 is 6.18 Å². The van der Waals surface area contributed by atoms with Gasteiger partial charge in [-0.25, -0.2) is 4.98 Å². The second-order valence-corrected chi connectivity index (χ2v) is 4.83. The van der Waals surface area contributed by atoms with Gasteiger partial charge in [-0.2, -0.15) is 18.2 Å². The Balaban J connectivity index is 1.85. The van der Waals surface area contributed by atoms with Gasteiger partial charge in [-0.1, -0.05) is 5.16 Å². The van der Waals surface area contributed by atoms with Crippen molar-refractivity contribution in [3.05, 3.63) is 27.8 Å². The van der Waals surface area contributed by atoms with Gasteiger partial charge in [0, 0.05) is 11.1 Å². The smallest absolute Gasteiger partial charge is 0.338 e. The highest BCUT2D eigenvalue weighted by atomic mass is 32.1. The number of thiazole rings is 1. The van der Waals surface area contributed by atoms with Crippen LogP contribution in [-0.2, 0) is 13.0 Å². The van der Waals surface area contributed by atoms with Crippen LogP contribution >= 0.6 is 11.3 Å². The fourth-order valence-electron chi connectivity index (χ4n) is 1.36. The van der Waals surface area contributed by atoms with E-state index in [-0.39, 0.29) is 12.4 Å². The summed E-state index contributed by atoms with van der Waals surface area (Å²) in [7, 11) is 0. The van der Waals surface area contributed by atoms with E-state index in [1.807, 2.05) is 12.3 Å². The van der Waals surface area contributed by atoms with E-state index in [9.17, 15) is 13.2 Å². The van der Waals surface area contributed by atoms with Crippen molar-refractivity contribution >= 4 is 11.3 Å². The van der Waals surface area contributed by atoms with Crippen LogP contribution in [-0.4, -0.2) is 27.8 Å². The summed E-state index contributed by atoms with van der Waals surface area (Å²) in [5.74, 6) is 0.547. The number of aromatic nitrogens is 3. The molecule has 0 atom stereocenters. The zero-order chi connectivity index (χ0) is 13.9. The lowest BCUT2D eigenvalue weighted by molar-refractivity contribution is -0.125. The van der Waals surface area contributed by atoms with Crippen molar-refractivity contribution in [3.63, 3.8) is 0 Å². The molecule has 0 aliphatic heterocycles. The van der Waals surface area contributed by atoms with Gasteiger partial charge in [0.25, 0.3) is 0 Å². The van der Waals surface area contributed by atoms with E-state index in [2.05, 4.69) is 20.4 Å². The lowest BCUT2D eigenvalue weighted by atomic mass is 10.4. The van der Waals surface area contributed by atoms with Crippen molar-refractivity contribution in [2.45, 2.75) is 26.1 Å². The van der Waals surface area contributed by atoms with Crippen LogP contribution < -0.4 is 5.32 Å². The molecule has 0 aliphatic carbocycles. The monoisotopic (exact) mass is 292 g/mol. The maximum Gasteiger partial charge on any atom is 0.401 e. The number of rotatable bonds is 5. The molecular formula is C10H11F3N4OS. The second kappa shape index (κ2) is 5.66. The fourth-order valence-corrected chi connectivity index (χ4v) is 2.13. The zero-order valence-electron chi connectivity index (χ0n) is 9.99. The third-order valence-corrected chi connectivity index (χ3v) is 3.05. The van der Waals surface area contributed by atoms with Gasteiger partial charge in [-0.3, -0.25) is 0 Å². The molecule has 2 rings (SSSR count). The van der Waals surface area contributed by atoms with Crippen LogP contribution in [0.2, 0.25) is 0 Å². The molecule has 0 amide bonds. The van der Waals surface area contributed by atoms with Crippen molar-refractivity contribution in [2.75, 3.05) is 6.54 Å². The Labute approximate surface area is 110 Å². The van der Waals surface area contributed by atoms with E-state index in [1.165, 1.54) is 11.3 Å². The summed E-state index contributed by atoms with van der Waals surface area (Å²) >= 11 is 1.48. The van der Waals surface area contributed by atoms with Gasteiger partial charge in [-0.05, 0) is 6.92 Å². The predicted octanol–water partition coefficient (Wildman–Crippen LogP) is 2.08. The van der Waals surface area contributed by atoms with Crippen LogP contribution in [0.25, 0.3) is 0 Å². The highest BCUT2D eigenvalue weighted by Crippen LogP contribution is 2.14. The summed E-state index contributed by atoms with van der Waals surface area (Å²) in [6.45, 7) is 0.683. The highest BCUT2D eigenvalue weighted by Gasteiger charge is 2.26. The van der Waals surface area contributed by atoms with E-state index in [0.717, 1.165) is 10.7 Å². The molecule has 0 radical (unpaired) electrons. The Morgan fingerprint density at radius 2 is 2.16 bits per heavy atom. The molecule has 2 aromatic heterocycles. The minimum absolute atomic E-state index is 0.108. The number of hydrogen-bond donors (Lipinski definition) is 1. The third-order valence-electron chi connectivity index (χ3n) is 2.09. The van der Waals surface area contributed by atoms with E-state index < -0.39 is 12.7 Å². The van der Waals surface area contributed by atoms with E-state index >= 15 is 0 Å². The molecule has 0 aromatic carbocycles. The van der Waals surface area contributed by atoms with Gasteiger partial charge in [0.1, 0.15) is 5.01 Å². The first-order valence-electron chi connectivity index (χ1n) is 5.42. The molecule has 0 saturated heterocycles. The quantitative estimate of drug-likeness (QED) is 0.914. The molecule has 1 N–H and O–H groups in total. The first-order valence-corrected chi connectivity index (χ1v) is 6.30. The Morgan fingerprint density at radius 3 is 2.79 bits per heavy atom. The van der Waals surface area contributed by atoms with Gasteiger partial charge in [0.2, 0.25) is 5.89 Å². The van der Waals surface area contributed by atoms with Crippen molar-refractivity contribution in [2.24, 2.45) is 0 Å². The van der Waals surface area contributed by atoms with Crippen molar-refractivity contribution in [3.8, 4) is 0 Å². The standard InChI is InChI=1S/C10H11F3N4OS/c1-6-4-19-9(15-6)2-7-16-8(18-17-7)3-14-5-10(11,12)13/h4,14H,2-3,5H2,1H3. The number of aryl methyl sites for hydroxylation is 1. The number of alkyl halides is 3. The summed E-state index contributed by atoms with van der Waals surface area (Å²) in [6.07, 6.45) is -3.83. The third kappa shape index (κ3) is 4.60. The van der Waals surface area contributed by atoms with Gasteiger partial charge in [-0.15, -0.1) is 11.3 Å². The van der Waals surface area contributed by atoms with Gasteiger partial charge < -0.3 is 9.84 Å². The molecule has 2 heterocycles. The molecule has 0 unspecified atom stereocenters. The summed E-state index contributed by atoms with van der Waals surface area (Å²) in [6, 6.07) is 0. The minimum Gasteiger partial charge on any atom is -0.338 e. The van der Waals surface area contributed by atoms with Gasteiger partial charge in [0.15, 0.2) is 5.82 Å². The SMILES string of the molecule is Cc1csc(Cc2noc(CNCC(F)(F)F)n2)n1. The highest BCUT2D eigenvalue weighted by molar-refractivity contribution is 7.09. The molecule has 104 valence electrons. The fraction of sp³-hybridized carbons (Fsp3) is 0.500. The molecule has 0 spiro atoms. The van der Waals surface area contributed by atoms with Crippen molar-refractivity contribution in [1.29, 1.82) is 0 Å². The van der Waals surface area contributed by atoms with Crippen LogP contribution in [0.3, 0.4) is 0 Å². The molecule has 9 heteroatoms. The topological polar surface area (TPSA) is 63.8 Å². The summed E-state index contributed by atoms with van der Waals surface area (Å²) in [5.41, 5.74) is 0.913. The number of hydrogen-bond acceptors (Lipinski definition) is 6. The van der Waals surface area contributed by atoms with Crippen molar-refractivity contribution in [1.82, 2.24) is 20.4 Å². The molecule has 0 bridgehead atoms. The molecule has 0 fully saturated rings. The normalized spacial score (nSPS) is 12.0. The van der Waals surface area contributed by atoms with E-state index in [4.69, 9.17) is 4.52 Å². The molecule has 0 aliphatic rings. The number of nitrogens with one attached hydrogen (secondary N) is 1. The maximum atomic E-state index is 11.9. The summed E-state index contributed by atoms with van der Waals surface area (Å²) in [5, 5.41) is 8.63. The maximum absolute atomic E-state index is 11.9. The molecule has 19 heavy (non-hydrogen) atoms. The van der Waals surface area contributed by atoms with E-state index in [1.54, 1.807) is 0 Å². The zero-order valence-corrected chi connectivity index (χ0v) is 10.8. The Hall–Kier alpha value is -1.48. The predicted molar refractivity (Wildman–Crippen MR) is 61.7 cm³/mol. The molecule has 5 nitrogen and oxygen atoms in total. The van der Waals surface area contributed by atoms with Crippen molar-refractivity contribution < 1.29 is 17.7 Å².